The first-order valence-electron chi connectivity index (χ1n) is 7.53. The molecule has 8 heteroatoms. The smallest absolute Gasteiger partial charge is 0.404 e. The number of H-pyrrole nitrogens is 1. The van der Waals surface area contributed by atoms with E-state index in [4.69, 9.17) is 5.11 Å². The summed E-state index contributed by atoms with van der Waals surface area (Å²) in [7, 11) is 0. The lowest BCUT2D eigenvalue weighted by molar-refractivity contribution is -0.125. The Hall–Kier alpha value is -2.90. The maximum absolute atomic E-state index is 14.0. The van der Waals surface area contributed by atoms with E-state index in [0.29, 0.717) is 25.0 Å². The SMILES string of the molecule is O=C(O)NCC1CCN(C(=O)C(=O)c2c[nH]c3cccc(F)c23)C1. The standard InChI is InChI=1S/C16H16FN3O4/c17-11-2-1-3-12-13(11)10(7-18-12)14(21)15(22)20-5-4-9(8-20)6-19-16(23)24/h1-3,7,9,18-19H,4-6,8H2,(H,23,24). The molecular weight excluding hydrogens is 317 g/mol. The molecule has 2 amide bonds. The molecule has 0 aliphatic carbocycles. The summed E-state index contributed by atoms with van der Waals surface area (Å²) >= 11 is 0. The molecular formula is C16H16FN3O4. The van der Waals surface area contributed by atoms with Gasteiger partial charge in [0.15, 0.2) is 0 Å². The van der Waals surface area contributed by atoms with Crippen LogP contribution in [-0.4, -0.2) is 52.4 Å². The van der Waals surface area contributed by atoms with Crippen molar-refractivity contribution in [1.82, 2.24) is 15.2 Å². The second-order valence-electron chi connectivity index (χ2n) is 5.79. The number of nitrogens with one attached hydrogen (secondary N) is 2. The van der Waals surface area contributed by atoms with Crippen LogP contribution in [0, 0.1) is 11.7 Å². The van der Waals surface area contributed by atoms with Crippen molar-refractivity contribution < 1.29 is 23.9 Å². The number of ketones is 1. The number of hydrogen-bond acceptors (Lipinski definition) is 3. The van der Waals surface area contributed by atoms with Gasteiger partial charge in [0.1, 0.15) is 5.82 Å². The number of aromatic nitrogens is 1. The number of carbonyl (C=O) groups excluding carboxylic acids is 2. The predicted molar refractivity (Wildman–Crippen MR) is 83.3 cm³/mol. The van der Waals surface area contributed by atoms with Gasteiger partial charge in [-0.05, 0) is 24.5 Å². The van der Waals surface area contributed by atoms with Crippen molar-refractivity contribution in [1.29, 1.82) is 0 Å². The molecule has 3 N–H and O–H groups in total. The number of benzene rings is 1. The zero-order valence-corrected chi connectivity index (χ0v) is 12.7. The summed E-state index contributed by atoms with van der Waals surface area (Å²) < 4.78 is 14.0. The highest BCUT2D eigenvalue weighted by Gasteiger charge is 2.32. The minimum absolute atomic E-state index is 0.0141. The average molecular weight is 333 g/mol. The van der Waals surface area contributed by atoms with Gasteiger partial charge in [-0.25, -0.2) is 9.18 Å². The second-order valence-corrected chi connectivity index (χ2v) is 5.79. The molecule has 1 unspecified atom stereocenters. The molecule has 7 nitrogen and oxygen atoms in total. The monoisotopic (exact) mass is 333 g/mol. The predicted octanol–water partition coefficient (Wildman–Crippen LogP) is 1.61. The van der Waals surface area contributed by atoms with Crippen LogP contribution >= 0.6 is 0 Å². The number of halogens is 1. The lowest BCUT2D eigenvalue weighted by Gasteiger charge is -2.15. The van der Waals surface area contributed by atoms with Crippen LogP contribution in [0.1, 0.15) is 16.8 Å². The number of Topliss-reactive ketones (excluding diaryl/α,β-unsaturated/α-hetero) is 1. The molecule has 0 spiro atoms. The minimum Gasteiger partial charge on any atom is -0.465 e. The van der Waals surface area contributed by atoms with Crippen molar-refractivity contribution in [3.05, 3.63) is 35.8 Å². The molecule has 0 bridgehead atoms. The minimum atomic E-state index is -1.12. The number of hydrogen-bond donors (Lipinski definition) is 3. The Labute approximate surface area is 136 Å². The van der Waals surface area contributed by atoms with Gasteiger partial charge >= 0.3 is 6.09 Å². The molecule has 126 valence electrons. The highest BCUT2D eigenvalue weighted by molar-refractivity contribution is 6.44. The summed E-state index contributed by atoms with van der Waals surface area (Å²) in [5.74, 6) is -2.05. The number of aromatic amines is 1. The van der Waals surface area contributed by atoms with Gasteiger partial charge in [-0.15, -0.1) is 0 Å². The number of carbonyl (C=O) groups is 3. The number of carboxylic acid groups (broad SMARTS) is 1. The van der Waals surface area contributed by atoms with Crippen LogP contribution in [0.3, 0.4) is 0 Å². The molecule has 1 fully saturated rings. The van der Waals surface area contributed by atoms with E-state index in [-0.39, 0.29) is 23.4 Å². The van der Waals surface area contributed by atoms with Gasteiger partial charge < -0.3 is 20.3 Å². The van der Waals surface area contributed by atoms with Crippen molar-refractivity contribution in [3.63, 3.8) is 0 Å². The third kappa shape index (κ3) is 2.94. The Morgan fingerprint density at radius 1 is 1.38 bits per heavy atom. The van der Waals surface area contributed by atoms with Crippen LogP contribution in [0.25, 0.3) is 10.9 Å². The summed E-state index contributed by atoms with van der Waals surface area (Å²) in [5.41, 5.74) is 0.469. The van der Waals surface area contributed by atoms with Crippen molar-refractivity contribution in [2.45, 2.75) is 6.42 Å². The van der Waals surface area contributed by atoms with E-state index in [1.807, 2.05) is 0 Å². The van der Waals surface area contributed by atoms with Crippen molar-refractivity contribution in [3.8, 4) is 0 Å². The second kappa shape index (κ2) is 6.31. The summed E-state index contributed by atoms with van der Waals surface area (Å²) in [6, 6.07) is 4.38. The fraction of sp³-hybridized carbons (Fsp3) is 0.312. The molecule has 3 rings (SSSR count). The maximum Gasteiger partial charge on any atom is 0.404 e. The van der Waals surface area contributed by atoms with Gasteiger partial charge in [0.25, 0.3) is 11.7 Å². The first-order valence-corrected chi connectivity index (χ1v) is 7.53. The topological polar surface area (TPSA) is 102 Å². The zero-order valence-electron chi connectivity index (χ0n) is 12.7. The number of rotatable bonds is 4. The molecule has 2 aromatic rings. The third-order valence-corrected chi connectivity index (χ3v) is 4.21. The number of likely N-dealkylation sites (tertiary alicyclic amines) is 1. The molecule has 0 radical (unpaired) electrons. The van der Waals surface area contributed by atoms with E-state index in [0.717, 1.165) is 0 Å². The number of fused-ring (bicyclic) bond motifs is 1. The van der Waals surface area contributed by atoms with Crippen LogP contribution in [-0.2, 0) is 4.79 Å². The van der Waals surface area contributed by atoms with E-state index in [1.165, 1.54) is 23.2 Å². The molecule has 1 atom stereocenters. The molecule has 1 aliphatic heterocycles. The summed E-state index contributed by atoms with van der Waals surface area (Å²) in [6.07, 6.45) is 0.833. The Kier molecular flexibility index (Phi) is 4.20. The first-order chi connectivity index (χ1) is 11.5. The maximum atomic E-state index is 14.0. The van der Waals surface area contributed by atoms with Crippen LogP contribution in [0.2, 0.25) is 0 Å². The van der Waals surface area contributed by atoms with Crippen LogP contribution in [0.15, 0.2) is 24.4 Å². The Morgan fingerprint density at radius 2 is 2.17 bits per heavy atom. The highest BCUT2D eigenvalue weighted by atomic mass is 19.1. The number of nitrogens with zero attached hydrogens (tertiary/aromatic N) is 1. The van der Waals surface area contributed by atoms with E-state index in [1.54, 1.807) is 6.07 Å². The molecule has 1 aromatic heterocycles. The van der Waals surface area contributed by atoms with E-state index in [9.17, 15) is 18.8 Å². The van der Waals surface area contributed by atoms with Crippen LogP contribution in [0.4, 0.5) is 9.18 Å². The summed E-state index contributed by atoms with van der Waals surface area (Å²) in [6.45, 7) is 0.909. The largest absolute Gasteiger partial charge is 0.465 e. The van der Waals surface area contributed by atoms with Crippen molar-refractivity contribution >= 4 is 28.7 Å². The first kappa shape index (κ1) is 16.0. The molecule has 0 saturated carbocycles. The van der Waals surface area contributed by atoms with Gasteiger partial charge in [0.2, 0.25) is 0 Å². The van der Waals surface area contributed by atoms with Crippen LogP contribution in [0.5, 0.6) is 0 Å². The van der Waals surface area contributed by atoms with Gasteiger partial charge in [0, 0.05) is 36.7 Å². The van der Waals surface area contributed by atoms with Gasteiger partial charge in [-0.3, -0.25) is 9.59 Å². The average Bonchev–Trinajstić information content (AvgIpc) is 3.19. The van der Waals surface area contributed by atoms with E-state index < -0.39 is 23.6 Å². The molecule has 1 saturated heterocycles. The highest BCUT2D eigenvalue weighted by Crippen LogP contribution is 2.23. The molecule has 1 aliphatic rings. The Morgan fingerprint density at radius 3 is 2.92 bits per heavy atom. The van der Waals surface area contributed by atoms with Crippen LogP contribution < -0.4 is 5.32 Å². The van der Waals surface area contributed by atoms with Crippen molar-refractivity contribution in [2.24, 2.45) is 5.92 Å². The lowest BCUT2D eigenvalue weighted by atomic mass is 10.1. The van der Waals surface area contributed by atoms with E-state index >= 15 is 0 Å². The van der Waals surface area contributed by atoms with Gasteiger partial charge in [-0.1, -0.05) is 6.07 Å². The fourth-order valence-electron chi connectivity index (χ4n) is 2.99. The quantitative estimate of drug-likeness (QED) is 0.584. The molecule has 1 aromatic carbocycles. The summed E-state index contributed by atoms with van der Waals surface area (Å²) in [5, 5.41) is 11.0. The van der Waals surface area contributed by atoms with E-state index in [2.05, 4.69) is 10.3 Å². The zero-order chi connectivity index (χ0) is 17.3. The fourth-order valence-corrected chi connectivity index (χ4v) is 2.99. The van der Waals surface area contributed by atoms with Gasteiger partial charge in [-0.2, -0.15) is 0 Å². The lowest BCUT2D eigenvalue weighted by Crippen LogP contribution is -2.36. The van der Waals surface area contributed by atoms with Crippen molar-refractivity contribution in [2.75, 3.05) is 19.6 Å². The summed E-state index contributed by atoms with van der Waals surface area (Å²) in [4.78, 5) is 39.5. The third-order valence-electron chi connectivity index (χ3n) is 4.21. The molecule has 2 heterocycles. The molecule has 24 heavy (non-hydrogen) atoms. The number of amides is 2. The van der Waals surface area contributed by atoms with Gasteiger partial charge in [0.05, 0.1) is 5.56 Å². The Balaban J connectivity index is 1.73. The normalized spacial score (nSPS) is 17.2. The Bertz CT molecular complexity index is 817.